The van der Waals surface area contributed by atoms with Crippen LogP contribution in [0.3, 0.4) is 0 Å². The summed E-state index contributed by atoms with van der Waals surface area (Å²) in [6, 6.07) is 2.93. The first-order valence-electron chi connectivity index (χ1n) is 7.27. The minimum absolute atomic E-state index is 0.0405. The lowest BCUT2D eigenvalue weighted by Crippen LogP contribution is -2.47. The molecule has 1 aliphatic heterocycles. The van der Waals surface area contributed by atoms with Crippen molar-refractivity contribution in [3.05, 3.63) is 23.7 Å². The van der Waals surface area contributed by atoms with Gasteiger partial charge in [0.05, 0.1) is 25.0 Å². The van der Waals surface area contributed by atoms with Crippen LogP contribution in [0.1, 0.15) is 38.0 Å². The highest BCUT2D eigenvalue weighted by Crippen LogP contribution is 2.21. The fraction of sp³-hybridized carbons (Fsp3) is 0.733. The van der Waals surface area contributed by atoms with E-state index in [0.717, 1.165) is 44.6 Å². The summed E-state index contributed by atoms with van der Waals surface area (Å²) < 4.78 is 11.4. The first-order valence-corrected chi connectivity index (χ1v) is 7.27. The lowest BCUT2D eigenvalue weighted by atomic mass is 10.1. The van der Waals surface area contributed by atoms with E-state index < -0.39 is 0 Å². The Morgan fingerprint density at radius 3 is 3.00 bits per heavy atom. The highest BCUT2D eigenvalue weighted by molar-refractivity contribution is 5.13. The van der Waals surface area contributed by atoms with Gasteiger partial charge in [0.15, 0.2) is 0 Å². The van der Waals surface area contributed by atoms with Gasteiger partial charge in [0.2, 0.25) is 0 Å². The molecule has 4 nitrogen and oxygen atoms in total. The van der Waals surface area contributed by atoms with Crippen LogP contribution in [0, 0.1) is 0 Å². The molecule has 1 N–H and O–H groups in total. The van der Waals surface area contributed by atoms with Crippen molar-refractivity contribution in [2.75, 3.05) is 19.7 Å². The summed E-state index contributed by atoms with van der Waals surface area (Å²) in [7, 11) is 0. The molecule has 1 aromatic rings. The predicted molar refractivity (Wildman–Crippen MR) is 73.9 cm³/mol. The molecular weight excluding hydrogens is 240 g/mol. The molecule has 1 aromatic heterocycles. The molecule has 3 rings (SSSR count). The maximum Gasteiger partial charge on any atom is 0.118 e. The van der Waals surface area contributed by atoms with Gasteiger partial charge in [-0.2, -0.15) is 0 Å². The zero-order valence-corrected chi connectivity index (χ0v) is 11.9. The summed E-state index contributed by atoms with van der Waals surface area (Å²) in [5.41, 5.74) is 1.22. The van der Waals surface area contributed by atoms with Gasteiger partial charge in [-0.3, -0.25) is 4.90 Å². The molecule has 4 heteroatoms. The monoisotopic (exact) mass is 264 g/mol. The Kier molecular flexibility index (Phi) is 3.65. The Morgan fingerprint density at radius 2 is 2.26 bits per heavy atom. The third-order valence-electron chi connectivity index (χ3n) is 3.76. The van der Waals surface area contributed by atoms with Crippen molar-refractivity contribution < 1.29 is 9.15 Å². The fourth-order valence-electron chi connectivity index (χ4n) is 2.62. The summed E-state index contributed by atoms with van der Waals surface area (Å²) in [4.78, 5) is 2.40. The Bertz CT molecular complexity index is 424. The number of hydrogen-bond donors (Lipinski definition) is 1. The molecule has 0 aromatic carbocycles. The third kappa shape index (κ3) is 3.81. The molecular formula is C15H24N2O2. The molecule has 19 heavy (non-hydrogen) atoms. The maximum atomic E-state index is 5.73. The van der Waals surface area contributed by atoms with E-state index >= 15 is 0 Å². The SMILES string of the molecule is CC1(C)CN(Cc2cc(CNC3CC3)co2)CCO1. The molecule has 1 aliphatic carbocycles. The molecule has 1 saturated heterocycles. The second kappa shape index (κ2) is 5.27. The number of morpholine rings is 1. The molecule has 0 spiro atoms. The Hall–Kier alpha value is -0.840. The quantitative estimate of drug-likeness (QED) is 0.884. The van der Waals surface area contributed by atoms with Crippen LogP contribution in [0.2, 0.25) is 0 Å². The zero-order valence-electron chi connectivity index (χ0n) is 11.9. The van der Waals surface area contributed by atoms with E-state index in [1.807, 2.05) is 6.26 Å². The standard InChI is InChI=1S/C15H24N2O2/c1-15(2)11-17(5-6-19-15)9-14-7-12(10-18-14)8-16-13-3-4-13/h7,10,13,16H,3-6,8-9,11H2,1-2H3. The highest BCUT2D eigenvalue weighted by Gasteiger charge is 2.27. The third-order valence-corrected chi connectivity index (χ3v) is 3.76. The van der Waals surface area contributed by atoms with Crippen LogP contribution in [-0.4, -0.2) is 36.2 Å². The van der Waals surface area contributed by atoms with E-state index in [0.29, 0.717) is 0 Å². The highest BCUT2D eigenvalue weighted by atomic mass is 16.5. The van der Waals surface area contributed by atoms with E-state index in [1.54, 1.807) is 0 Å². The molecule has 0 radical (unpaired) electrons. The maximum absolute atomic E-state index is 5.73. The number of ether oxygens (including phenoxy) is 1. The second-order valence-corrected chi connectivity index (χ2v) is 6.40. The lowest BCUT2D eigenvalue weighted by molar-refractivity contribution is -0.0894. The van der Waals surface area contributed by atoms with Gasteiger partial charge in [0.1, 0.15) is 5.76 Å². The van der Waals surface area contributed by atoms with Crippen LogP contribution in [-0.2, 0) is 17.8 Å². The summed E-state index contributed by atoms with van der Waals surface area (Å²) in [5, 5.41) is 3.51. The Balaban J connectivity index is 1.51. The van der Waals surface area contributed by atoms with Gasteiger partial charge in [-0.1, -0.05) is 0 Å². The first kappa shape index (κ1) is 13.2. The summed E-state index contributed by atoms with van der Waals surface area (Å²) in [5.74, 6) is 1.06. The van der Waals surface area contributed by atoms with Crippen molar-refractivity contribution in [2.45, 2.75) is 51.4 Å². The normalized spacial score (nSPS) is 23.7. The van der Waals surface area contributed by atoms with Crippen molar-refractivity contribution >= 4 is 0 Å². The molecule has 0 unspecified atom stereocenters. The van der Waals surface area contributed by atoms with E-state index in [-0.39, 0.29) is 5.60 Å². The largest absolute Gasteiger partial charge is 0.468 e. The van der Waals surface area contributed by atoms with E-state index in [1.165, 1.54) is 18.4 Å². The minimum atomic E-state index is -0.0405. The minimum Gasteiger partial charge on any atom is -0.468 e. The Morgan fingerprint density at radius 1 is 1.42 bits per heavy atom. The van der Waals surface area contributed by atoms with Gasteiger partial charge in [0.25, 0.3) is 0 Å². The predicted octanol–water partition coefficient (Wildman–Crippen LogP) is 2.14. The first-order chi connectivity index (χ1) is 9.11. The number of nitrogens with zero attached hydrogens (tertiary/aromatic N) is 1. The summed E-state index contributed by atoms with van der Waals surface area (Å²) in [6.45, 7) is 8.87. The van der Waals surface area contributed by atoms with Crippen LogP contribution >= 0.6 is 0 Å². The van der Waals surface area contributed by atoms with Crippen molar-refractivity contribution in [1.82, 2.24) is 10.2 Å². The van der Waals surface area contributed by atoms with Crippen LogP contribution < -0.4 is 5.32 Å². The van der Waals surface area contributed by atoms with E-state index in [9.17, 15) is 0 Å². The van der Waals surface area contributed by atoms with Crippen LogP contribution in [0.4, 0.5) is 0 Å². The molecule has 1 saturated carbocycles. The molecule has 2 heterocycles. The Labute approximate surface area is 115 Å². The van der Waals surface area contributed by atoms with Crippen LogP contribution in [0.25, 0.3) is 0 Å². The second-order valence-electron chi connectivity index (χ2n) is 6.40. The van der Waals surface area contributed by atoms with Gasteiger partial charge >= 0.3 is 0 Å². The lowest BCUT2D eigenvalue weighted by Gasteiger charge is -2.37. The van der Waals surface area contributed by atoms with Gasteiger partial charge < -0.3 is 14.5 Å². The van der Waals surface area contributed by atoms with Gasteiger partial charge in [-0.05, 0) is 32.8 Å². The zero-order chi connectivity index (χ0) is 13.3. The topological polar surface area (TPSA) is 37.6 Å². The van der Waals surface area contributed by atoms with Crippen molar-refractivity contribution in [2.24, 2.45) is 0 Å². The van der Waals surface area contributed by atoms with Crippen molar-refractivity contribution in [1.29, 1.82) is 0 Å². The molecule has 0 amide bonds. The molecule has 0 bridgehead atoms. The van der Waals surface area contributed by atoms with Gasteiger partial charge in [0, 0.05) is 31.2 Å². The molecule has 2 fully saturated rings. The smallest absolute Gasteiger partial charge is 0.118 e. The molecule has 2 aliphatic rings. The van der Waals surface area contributed by atoms with E-state index in [4.69, 9.17) is 9.15 Å². The summed E-state index contributed by atoms with van der Waals surface area (Å²) in [6.07, 6.45) is 4.54. The number of furan rings is 1. The summed E-state index contributed by atoms with van der Waals surface area (Å²) >= 11 is 0. The average Bonchev–Trinajstić information content (AvgIpc) is 3.06. The average molecular weight is 264 g/mol. The number of nitrogens with one attached hydrogen (secondary N) is 1. The molecule has 0 atom stereocenters. The van der Waals surface area contributed by atoms with Crippen LogP contribution in [0.15, 0.2) is 16.7 Å². The van der Waals surface area contributed by atoms with Crippen molar-refractivity contribution in [3.63, 3.8) is 0 Å². The van der Waals surface area contributed by atoms with Crippen molar-refractivity contribution in [3.8, 4) is 0 Å². The van der Waals surface area contributed by atoms with Gasteiger partial charge in [-0.25, -0.2) is 0 Å². The van der Waals surface area contributed by atoms with E-state index in [2.05, 4.69) is 30.1 Å². The van der Waals surface area contributed by atoms with Gasteiger partial charge in [-0.15, -0.1) is 0 Å². The number of hydrogen-bond acceptors (Lipinski definition) is 4. The molecule has 106 valence electrons. The fourth-order valence-corrected chi connectivity index (χ4v) is 2.62. The number of rotatable bonds is 5. The van der Waals surface area contributed by atoms with Crippen LogP contribution in [0.5, 0.6) is 0 Å².